The highest BCUT2D eigenvalue weighted by Crippen LogP contribution is 2.42. The van der Waals surface area contributed by atoms with Gasteiger partial charge in [-0.3, -0.25) is 9.59 Å². The molecule has 4 heteroatoms. The molecular weight excluding hydrogens is 256 g/mol. The third-order valence-corrected chi connectivity index (χ3v) is 3.76. The number of carboxylic acids is 1. The second-order valence-corrected chi connectivity index (χ2v) is 6.35. The summed E-state index contributed by atoms with van der Waals surface area (Å²) in [6, 6.07) is 0. The molecule has 0 heterocycles. The van der Waals surface area contributed by atoms with E-state index in [9.17, 15) is 14.7 Å². The van der Waals surface area contributed by atoms with Crippen LogP contribution < -0.4 is 0 Å². The fourth-order valence-electron chi connectivity index (χ4n) is 2.94. The summed E-state index contributed by atoms with van der Waals surface area (Å²) in [6.07, 6.45) is 1.54. The summed E-state index contributed by atoms with van der Waals surface area (Å²) in [7, 11) is 0. The van der Waals surface area contributed by atoms with Crippen molar-refractivity contribution in [2.24, 2.45) is 23.2 Å². The smallest absolute Gasteiger partial charge is 0.312 e. The number of aliphatic carboxylic acids is 1. The molecule has 0 aromatic carbocycles. The van der Waals surface area contributed by atoms with Gasteiger partial charge in [0.2, 0.25) is 0 Å². The highest BCUT2D eigenvalue weighted by atomic mass is 16.5. The van der Waals surface area contributed by atoms with Crippen LogP contribution in [0, 0.1) is 23.2 Å². The molecule has 1 N–H and O–H groups in total. The number of carbonyl (C=O) groups is 2. The number of esters is 1. The van der Waals surface area contributed by atoms with Crippen molar-refractivity contribution in [2.45, 2.75) is 60.8 Å². The first-order valence-electron chi connectivity index (χ1n) is 7.61. The molecule has 4 nitrogen and oxygen atoms in total. The number of hydrogen-bond acceptors (Lipinski definition) is 3. The Morgan fingerprint density at radius 3 is 1.95 bits per heavy atom. The van der Waals surface area contributed by atoms with Crippen molar-refractivity contribution in [2.75, 3.05) is 6.61 Å². The zero-order valence-electron chi connectivity index (χ0n) is 13.7. The summed E-state index contributed by atoms with van der Waals surface area (Å²) in [4.78, 5) is 24.2. The van der Waals surface area contributed by atoms with Crippen LogP contribution in [0.2, 0.25) is 0 Å². The predicted molar refractivity (Wildman–Crippen MR) is 79.4 cm³/mol. The summed E-state index contributed by atoms with van der Waals surface area (Å²) in [5.74, 6) is -1.47. The van der Waals surface area contributed by atoms with E-state index < -0.39 is 17.3 Å². The van der Waals surface area contributed by atoms with Crippen LogP contribution in [0.15, 0.2) is 0 Å². The lowest BCUT2D eigenvalue weighted by atomic mass is 9.66. The van der Waals surface area contributed by atoms with Crippen LogP contribution in [0.5, 0.6) is 0 Å². The lowest BCUT2D eigenvalue weighted by Gasteiger charge is -2.37. The van der Waals surface area contributed by atoms with Gasteiger partial charge in [0.1, 0.15) is 0 Å². The highest BCUT2D eigenvalue weighted by molar-refractivity contribution is 5.84. The predicted octanol–water partition coefficient (Wildman–Crippen LogP) is 3.74. The standard InChI is InChI=1S/C16H30O4/c1-7-16(10-12(5)6,15(19)20-8-2)13(14(17)18)9-11(3)4/h11-13H,7-10H2,1-6H3,(H,17,18). The SMILES string of the molecule is CCOC(=O)C(CC)(CC(C)C)C(CC(C)C)C(=O)O. The maximum atomic E-state index is 12.5. The first-order valence-corrected chi connectivity index (χ1v) is 7.61. The maximum absolute atomic E-state index is 12.5. The fourth-order valence-corrected chi connectivity index (χ4v) is 2.94. The van der Waals surface area contributed by atoms with Gasteiger partial charge in [0.25, 0.3) is 0 Å². The number of rotatable bonds is 9. The van der Waals surface area contributed by atoms with Gasteiger partial charge < -0.3 is 9.84 Å². The Morgan fingerprint density at radius 2 is 1.65 bits per heavy atom. The lowest BCUT2D eigenvalue weighted by Crippen LogP contribution is -2.45. The maximum Gasteiger partial charge on any atom is 0.312 e. The molecule has 0 aliphatic carbocycles. The van der Waals surface area contributed by atoms with Crippen molar-refractivity contribution in [1.29, 1.82) is 0 Å². The second kappa shape index (κ2) is 8.28. The summed E-state index contributed by atoms with van der Waals surface area (Å²) in [5, 5.41) is 9.61. The van der Waals surface area contributed by atoms with Crippen LogP contribution in [0.1, 0.15) is 60.8 Å². The molecular formula is C16H30O4. The minimum Gasteiger partial charge on any atom is -0.481 e. The van der Waals surface area contributed by atoms with E-state index in [1.165, 1.54) is 0 Å². The molecule has 0 rings (SSSR count). The average molecular weight is 286 g/mol. The van der Waals surface area contributed by atoms with Crippen molar-refractivity contribution >= 4 is 11.9 Å². The number of ether oxygens (including phenoxy) is 1. The first-order chi connectivity index (χ1) is 9.21. The second-order valence-electron chi connectivity index (χ2n) is 6.35. The van der Waals surface area contributed by atoms with Crippen LogP contribution in [0.25, 0.3) is 0 Å². The van der Waals surface area contributed by atoms with Crippen LogP contribution in [0.3, 0.4) is 0 Å². The van der Waals surface area contributed by atoms with Crippen molar-refractivity contribution in [3.63, 3.8) is 0 Å². The van der Waals surface area contributed by atoms with E-state index in [-0.39, 0.29) is 24.4 Å². The molecule has 20 heavy (non-hydrogen) atoms. The molecule has 0 aliphatic heterocycles. The van der Waals surface area contributed by atoms with E-state index >= 15 is 0 Å². The molecule has 0 bridgehead atoms. The van der Waals surface area contributed by atoms with Crippen LogP contribution in [-0.4, -0.2) is 23.7 Å². The van der Waals surface area contributed by atoms with Gasteiger partial charge >= 0.3 is 11.9 Å². The molecule has 0 saturated heterocycles. The van der Waals surface area contributed by atoms with E-state index in [4.69, 9.17) is 4.74 Å². The van der Waals surface area contributed by atoms with Gasteiger partial charge in [-0.05, 0) is 38.0 Å². The third-order valence-electron chi connectivity index (χ3n) is 3.76. The van der Waals surface area contributed by atoms with Gasteiger partial charge in [0.05, 0.1) is 17.9 Å². The molecule has 0 saturated carbocycles. The van der Waals surface area contributed by atoms with Crippen LogP contribution >= 0.6 is 0 Å². The Labute approximate surface area is 122 Å². The van der Waals surface area contributed by atoms with Gasteiger partial charge in [-0.2, -0.15) is 0 Å². The van der Waals surface area contributed by atoms with E-state index in [1.54, 1.807) is 6.92 Å². The number of carboxylic acid groups (broad SMARTS) is 1. The minimum absolute atomic E-state index is 0.226. The Hall–Kier alpha value is -1.06. The van der Waals surface area contributed by atoms with Crippen molar-refractivity contribution < 1.29 is 19.4 Å². The van der Waals surface area contributed by atoms with E-state index in [1.807, 2.05) is 34.6 Å². The Bertz CT molecular complexity index is 322. The third kappa shape index (κ3) is 4.80. The van der Waals surface area contributed by atoms with E-state index in [0.717, 1.165) is 0 Å². The zero-order valence-corrected chi connectivity index (χ0v) is 13.7. The van der Waals surface area contributed by atoms with Gasteiger partial charge in [-0.15, -0.1) is 0 Å². The van der Waals surface area contributed by atoms with Gasteiger partial charge in [-0.25, -0.2) is 0 Å². The van der Waals surface area contributed by atoms with Gasteiger partial charge in [0, 0.05) is 0 Å². The molecule has 2 unspecified atom stereocenters. The molecule has 0 aliphatic rings. The molecule has 0 fully saturated rings. The Balaban J connectivity index is 5.63. The Morgan fingerprint density at radius 1 is 1.10 bits per heavy atom. The molecule has 0 radical (unpaired) electrons. The van der Waals surface area contributed by atoms with Crippen LogP contribution in [0.4, 0.5) is 0 Å². The molecule has 0 spiro atoms. The molecule has 118 valence electrons. The van der Waals surface area contributed by atoms with E-state index in [2.05, 4.69) is 0 Å². The van der Waals surface area contributed by atoms with Gasteiger partial charge in [0.15, 0.2) is 0 Å². The average Bonchev–Trinajstić information content (AvgIpc) is 2.32. The minimum atomic E-state index is -0.916. The van der Waals surface area contributed by atoms with E-state index in [0.29, 0.717) is 19.3 Å². The lowest BCUT2D eigenvalue weighted by molar-refractivity contribution is -0.170. The summed E-state index contributed by atoms with van der Waals surface area (Å²) >= 11 is 0. The van der Waals surface area contributed by atoms with Crippen LogP contribution in [-0.2, 0) is 14.3 Å². The fraction of sp³-hybridized carbons (Fsp3) is 0.875. The molecule has 0 aromatic heterocycles. The monoisotopic (exact) mass is 286 g/mol. The summed E-state index contributed by atoms with van der Waals surface area (Å²) in [6.45, 7) is 11.9. The molecule has 2 atom stereocenters. The number of carbonyl (C=O) groups excluding carboxylic acids is 1. The number of hydrogen-bond donors (Lipinski definition) is 1. The molecule has 0 aromatic rings. The van der Waals surface area contributed by atoms with Gasteiger partial charge in [-0.1, -0.05) is 34.6 Å². The van der Waals surface area contributed by atoms with Crippen molar-refractivity contribution in [1.82, 2.24) is 0 Å². The molecule has 0 amide bonds. The first kappa shape index (κ1) is 18.9. The largest absolute Gasteiger partial charge is 0.481 e. The van der Waals surface area contributed by atoms with Crippen molar-refractivity contribution in [3.05, 3.63) is 0 Å². The highest BCUT2D eigenvalue weighted by Gasteiger charge is 2.49. The normalized spacial score (nSPS) is 16.0. The summed E-state index contributed by atoms with van der Waals surface area (Å²) < 4.78 is 5.21. The quantitative estimate of drug-likeness (QED) is 0.656. The summed E-state index contributed by atoms with van der Waals surface area (Å²) in [5.41, 5.74) is -0.916. The Kier molecular flexibility index (Phi) is 7.84. The topological polar surface area (TPSA) is 63.6 Å². The van der Waals surface area contributed by atoms with Crippen molar-refractivity contribution in [3.8, 4) is 0 Å². The zero-order chi connectivity index (χ0) is 15.9.